The highest BCUT2D eigenvalue weighted by atomic mass is 16.5. The van der Waals surface area contributed by atoms with E-state index in [4.69, 9.17) is 4.74 Å². The highest BCUT2D eigenvalue weighted by Crippen LogP contribution is 2.27. The van der Waals surface area contributed by atoms with Crippen LogP contribution in [0, 0.1) is 0 Å². The van der Waals surface area contributed by atoms with Crippen LogP contribution in [0.1, 0.15) is 23.8 Å². The fourth-order valence-electron chi connectivity index (χ4n) is 2.42. The molecule has 0 spiro atoms. The molecule has 3 rings (SSSR count). The second-order valence-corrected chi connectivity index (χ2v) is 5.20. The van der Waals surface area contributed by atoms with Gasteiger partial charge in [0.1, 0.15) is 11.5 Å². The molecule has 0 aliphatic carbocycles. The topological polar surface area (TPSA) is 45.2 Å². The normalized spacial score (nSPS) is 12.0. The summed E-state index contributed by atoms with van der Waals surface area (Å²) in [4.78, 5) is 3.05. The highest BCUT2D eigenvalue weighted by Gasteiger charge is 2.11. The van der Waals surface area contributed by atoms with Crippen molar-refractivity contribution in [3.63, 3.8) is 0 Å². The Morgan fingerprint density at radius 1 is 0.909 bits per heavy atom. The molecule has 2 N–H and O–H groups in total. The van der Waals surface area contributed by atoms with E-state index in [1.807, 2.05) is 72.9 Å². The summed E-state index contributed by atoms with van der Waals surface area (Å²) in [6, 6.07) is 21.5. The maximum Gasteiger partial charge on any atom is 0.130 e. The van der Waals surface area contributed by atoms with Crippen LogP contribution >= 0.6 is 0 Å². The number of H-pyrrole nitrogens is 1. The third-order valence-corrected chi connectivity index (χ3v) is 3.61. The molecular formula is C19H19NO2. The lowest BCUT2D eigenvalue weighted by atomic mass is 10.0. The second kappa shape index (κ2) is 6.96. The quantitative estimate of drug-likeness (QED) is 0.704. The molecular weight excluding hydrogens is 274 g/mol. The van der Waals surface area contributed by atoms with Gasteiger partial charge in [-0.25, -0.2) is 0 Å². The molecule has 0 saturated heterocycles. The predicted octanol–water partition coefficient (Wildman–Crippen LogP) is 4.47. The molecule has 1 heterocycles. The summed E-state index contributed by atoms with van der Waals surface area (Å²) in [7, 11) is 0. The lowest BCUT2D eigenvalue weighted by Gasteiger charge is -2.13. The minimum Gasteiger partial charge on any atom is -0.457 e. The Labute approximate surface area is 130 Å². The first-order valence-corrected chi connectivity index (χ1v) is 7.45. The lowest BCUT2D eigenvalue weighted by molar-refractivity contribution is 0.163. The Bertz CT molecular complexity index is 692. The SMILES string of the molecule is OC(CCc1ccccc1Oc1ccccc1)c1ccc[nH]1. The van der Waals surface area contributed by atoms with Gasteiger partial charge in [-0.3, -0.25) is 0 Å². The summed E-state index contributed by atoms with van der Waals surface area (Å²) in [6.45, 7) is 0. The van der Waals surface area contributed by atoms with Crippen molar-refractivity contribution in [3.8, 4) is 11.5 Å². The van der Waals surface area contributed by atoms with E-state index in [1.165, 1.54) is 0 Å². The van der Waals surface area contributed by atoms with Crippen LogP contribution in [0.2, 0.25) is 0 Å². The Balaban J connectivity index is 1.69. The van der Waals surface area contributed by atoms with E-state index in [1.54, 1.807) is 0 Å². The minimum atomic E-state index is -0.486. The molecule has 0 amide bonds. The van der Waals surface area contributed by atoms with Crippen molar-refractivity contribution >= 4 is 0 Å². The first kappa shape index (κ1) is 14.4. The number of hydrogen-bond donors (Lipinski definition) is 2. The summed E-state index contributed by atoms with van der Waals surface area (Å²) < 4.78 is 5.94. The lowest BCUT2D eigenvalue weighted by Crippen LogP contribution is -2.01. The molecule has 0 bridgehead atoms. The maximum atomic E-state index is 10.2. The molecule has 2 aromatic carbocycles. The fourth-order valence-corrected chi connectivity index (χ4v) is 2.42. The van der Waals surface area contributed by atoms with Crippen LogP contribution in [0.3, 0.4) is 0 Å². The zero-order chi connectivity index (χ0) is 15.2. The monoisotopic (exact) mass is 293 g/mol. The van der Waals surface area contributed by atoms with Gasteiger partial charge in [0.2, 0.25) is 0 Å². The number of aromatic amines is 1. The van der Waals surface area contributed by atoms with Crippen molar-refractivity contribution < 1.29 is 9.84 Å². The van der Waals surface area contributed by atoms with E-state index in [0.717, 1.165) is 29.2 Å². The third-order valence-electron chi connectivity index (χ3n) is 3.61. The van der Waals surface area contributed by atoms with Gasteiger partial charge in [-0.2, -0.15) is 0 Å². The van der Waals surface area contributed by atoms with Crippen LogP contribution in [0.15, 0.2) is 72.9 Å². The zero-order valence-electron chi connectivity index (χ0n) is 12.3. The van der Waals surface area contributed by atoms with Gasteiger partial charge in [0, 0.05) is 11.9 Å². The van der Waals surface area contributed by atoms with Crippen molar-refractivity contribution in [2.24, 2.45) is 0 Å². The van der Waals surface area contributed by atoms with Gasteiger partial charge < -0.3 is 14.8 Å². The van der Waals surface area contributed by atoms with E-state index < -0.39 is 6.10 Å². The van der Waals surface area contributed by atoms with Gasteiger partial charge in [0.25, 0.3) is 0 Å². The van der Waals surface area contributed by atoms with Crippen LogP contribution in [0.25, 0.3) is 0 Å². The maximum absolute atomic E-state index is 10.2. The number of para-hydroxylation sites is 2. The standard InChI is InChI=1S/C19H19NO2/c21-18(17-10-6-14-20-17)13-12-15-7-4-5-11-19(15)22-16-8-2-1-3-9-16/h1-11,14,18,20-21H,12-13H2. The summed E-state index contributed by atoms with van der Waals surface area (Å²) in [5, 5.41) is 10.2. The Morgan fingerprint density at radius 3 is 2.45 bits per heavy atom. The number of benzene rings is 2. The van der Waals surface area contributed by atoms with E-state index >= 15 is 0 Å². The zero-order valence-corrected chi connectivity index (χ0v) is 12.3. The first-order valence-electron chi connectivity index (χ1n) is 7.45. The number of aliphatic hydroxyl groups is 1. The van der Waals surface area contributed by atoms with Crippen molar-refractivity contribution in [1.82, 2.24) is 4.98 Å². The van der Waals surface area contributed by atoms with Crippen LogP contribution in [0.4, 0.5) is 0 Å². The van der Waals surface area contributed by atoms with Gasteiger partial charge in [-0.15, -0.1) is 0 Å². The van der Waals surface area contributed by atoms with Gasteiger partial charge in [0.05, 0.1) is 6.10 Å². The molecule has 0 aliphatic rings. The molecule has 3 aromatic rings. The second-order valence-electron chi connectivity index (χ2n) is 5.20. The molecule has 0 saturated carbocycles. The molecule has 1 atom stereocenters. The molecule has 0 aliphatic heterocycles. The van der Waals surface area contributed by atoms with Crippen molar-refractivity contribution in [3.05, 3.63) is 84.2 Å². The third kappa shape index (κ3) is 3.57. The molecule has 112 valence electrons. The Hall–Kier alpha value is -2.52. The average molecular weight is 293 g/mol. The summed E-state index contributed by atoms with van der Waals surface area (Å²) in [6.07, 6.45) is 2.74. The largest absolute Gasteiger partial charge is 0.457 e. The van der Waals surface area contributed by atoms with E-state index in [9.17, 15) is 5.11 Å². The fraction of sp³-hybridized carbons (Fsp3) is 0.158. The number of aromatic nitrogens is 1. The molecule has 3 heteroatoms. The molecule has 1 unspecified atom stereocenters. The summed E-state index contributed by atoms with van der Waals surface area (Å²) in [5.74, 6) is 1.66. The van der Waals surface area contributed by atoms with Crippen molar-refractivity contribution in [2.75, 3.05) is 0 Å². The average Bonchev–Trinajstić information content (AvgIpc) is 3.09. The van der Waals surface area contributed by atoms with E-state index in [2.05, 4.69) is 4.98 Å². The van der Waals surface area contributed by atoms with Crippen LogP contribution < -0.4 is 4.74 Å². The Kier molecular flexibility index (Phi) is 4.56. The minimum absolute atomic E-state index is 0.486. The number of aliphatic hydroxyl groups excluding tert-OH is 1. The number of rotatable bonds is 6. The van der Waals surface area contributed by atoms with E-state index in [-0.39, 0.29) is 0 Å². The van der Waals surface area contributed by atoms with Gasteiger partial charge in [-0.05, 0) is 48.7 Å². The predicted molar refractivity (Wildman–Crippen MR) is 87.0 cm³/mol. The van der Waals surface area contributed by atoms with Gasteiger partial charge >= 0.3 is 0 Å². The van der Waals surface area contributed by atoms with Crippen LogP contribution in [-0.2, 0) is 6.42 Å². The van der Waals surface area contributed by atoms with Crippen LogP contribution in [-0.4, -0.2) is 10.1 Å². The van der Waals surface area contributed by atoms with Crippen molar-refractivity contribution in [1.29, 1.82) is 0 Å². The van der Waals surface area contributed by atoms with Gasteiger partial charge in [-0.1, -0.05) is 36.4 Å². The first-order chi connectivity index (χ1) is 10.8. The summed E-state index contributed by atoms with van der Waals surface area (Å²) >= 11 is 0. The number of ether oxygens (including phenoxy) is 1. The number of hydrogen-bond acceptors (Lipinski definition) is 2. The highest BCUT2D eigenvalue weighted by molar-refractivity contribution is 5.37. The van der Waals surface area contributed by atoms with Gasteiger partial charge in [0.15, 0.2) is 0 Å². The summed E-state index contributed by atoms with van der Waals surface area (Å²) in [5.41, 5.74) is 1.94. The van der Waals surface area contributed by atoms with E-state index in [0.29, 0.717) is 6.42 Å². The van der Waals surface area contributed by atoms with Crippen LogP contribution in [0.5, 0.6) is 11.5 Å². The Morgan fingerprint density at radius 2 is 1.68 bits per heavy atom. The molecule has 3 nitrogen and oxygen atoms in total. The molecule has 1 aromatic heterocycles. The molecule has 0 radical (unpaired) electrons. The number of nitrogens with one attached hydrogen (secondary N) is 1. The number of aryl methyl sites for hydroxylation is 1. The molecule has 0 fully saturated rings. The van der Waals surface area contributed by atoms with Crippen molar-refractivity contribution in [2.45, 2.75) is 18.9 Å². The smallest absolute Gasteiger partial charge is 0.130 e. The molecule has 22 heavy (non-hydrogen) atoms.